The number of anilines is 1. The molecule has 0 radical (unpaired) electrons. The Hall–Kier alpha value is -3.43. The number of thioether (sulfide) groups is 1. The first-order chi connectivity index (χ1) is 15.0. The molecular formula is C21H15ClN4O4S. The van der Waals surface area contributed by atoms with E-state index in [0.717, 1.165) is 11.8 Å². The maximum absolute atomic E-state index is 12.9. The number of halogens is 1. The highest BCUT2D eigenvalue weighted by atomic mass is 35.5. The van der Waals surface area contributed by atoms with Gasteiger partial charge in [-0.15, -0.1) is 10.2 Å². The summed E-state index contributed by atoms with van der Waals surface area (Å²) in [4.78, 5) is 25.3. The Labute approximate surface area is 186 Å². The molecule has 31 heavy (non-hydrogen) atoms. The molecule has 0 spiro atoms. The number of hydrogen-bond donors (Lipinski definition) is 1. The largest absolute Gasteiger partial charge is 0.409 e. The highest BCUT2D eigenvalue weighted by Crippen LogP contribution is 2.26. The molecule has 4 rings (SSSR count). The van der Waals surface area contributed by atoms with Gasteiger partial charge in [0, 0.05) is 22.2 Å². The zero-order valence-corrected chi connectivity index (χ0v) is 17.7. The van der Waals surface area contributed by atoms with Gasteiger partial charge in [-0.3, -0.25) is 9.59 Å². The minimum atomic E-state index is -0.341. The summed E-state index contributed by atoms with van der Waals surface area (Å²) in [6.07, 6.45) is 0. The average Bonchev–Trinajstić information content (AvgIpc) is 3.42. The van der Waals surface area contributed by atoms with Crippen LogP contribution < -0.4 is 5.32 Å². The zero-order valence-electron chi connectivity index (χ0n) is 16.2. The molecule has 0 bridgehead atoms. The Kier molecular flexibility index (Phi) is 6.15. The van der Waals surface area contributed by atoms with Crippen LogP contribution in [0, 0.1) is 6.92 Å². The number of nitrogens with one attached hydrogen (secondary N) is 1. The van der Waals surface area contributed by atoms with Crippen molar-refractivity contribution >= 4 is 40.7 Å². The lowest BCUT2D eigenvalue weighted by atomic mass is 10.0. The van der Waals surface area contributed by atoms with E-state index in [1.54, 1.807) is 49.4 Å². The Morgan fingerprint density at radius 2 is 1.90 bits per heavy atom. The van der Waals surface area contributed by atoms with E-state index in [0.29, 0.717) is 33.3 Å². The molecular weight excluding hydrogens is 440 g/mol. The van der Waals surface area contributed by atoms with E-state index in [-0.39, 0.29) is 28.6 Å². The van der Waals surface area contributed by atoms with Crippen LogP contribution in [0.5, 0.6) is 0 Å². The summed E-state index contributed by atoms with van der Waals surface area (Å²) in [6, 6.07) is 15.2. The fourth-order valence-corrected chi connectivity index (χ4v) is 3.45. The van der Waals surface area contributed by atoms with Gasteiger partial charge in [0.1, 0.15) is 5.76 Å². The van der Waals surface area contributed by atoms with Gasteiger partial charge in [0.15, 0.2) is 11.5 Å². The molecule has 0 aliphatic carbocycles. The molecule has 4 aromatic rings. The molecule has 1 amide bonds. The van der Waals surface area contributed by atoms with Crippen molar-refractivity contribution in [2.75, 3.05) is 11.1 Å². The SMILES string of the molecule is Cc1cc(-c2nnc(SCC(=O)Nc3ccc(Cl)cc3C(=O)c3ccccc3)o2)no1. The molecule has 0 unspecified atom stereocenters. The summed E-state index contributed by atoms with van der Waals surface area (Å²) in [6.45, 7) is 1.75. The Bertz CT molecular complexity index is 1240. The molecule has 8 nitrogen and oxygen atoms in total. The van der Waals surface area contributed by atoms with Crippen LogP contribution in [-0.4, -0.2) is 32.8 Å². The van der Waals surface area contributed by atoms with Gasteiger partial charge < -0.3 is 14.3 Å². The third-order valence-electron chi connectivity index (χ3n) is 4.12. The Balaban J connectivity index is 1.43. The third kappa shape index (κ3) is 5.01. The summed E-state index contributed by atoms with van der Waals surface area (Å²) in [5, 5.41) is 14.9. The molecule has 1 N–H and O–H groups in total. The molecule has 2 heterocycles. The summed E-state index contributed by atoms with van der Waals surface area (Å²) in [5.74, 6) is 0.238. The van der Waals surface area contributed by atoms with Crippen molar-refractivity contribution in [1.29, 1.82) is 0 Å². The molecule has 0 fully saturated rings. The standard InChI is InChI=1S/C21H15ClN4O4S/c1-12-9-17(26-30-12)20-24-25-21(29-20)31-11-18(27)23-16-8-7-14(22)10-15(16)19(28)13-5-3-2-4-6-13/h2-10H,11H2,1H3,(H,23,27). The van der Waals surface area contributed by atoms with E-state index in [4.69, 9.17) is 20.5 Å². The molecule has 0 aliphatic heterocycles. The number of amides is 1. The predicted molar refractivity (Wildman–Crippen MR) is 115 cm³/mol. The number of ketones is 1. The van der Waals surface area contributed by atoms with Crippen LogP contribution in [0.15, 0.2) is 68.8 Å². The van der Waals surface area contributed by atoms with E-state index in [2.05, 4.69) is 20.7 Å². The molecule has 2 aromatic carbocycles. The molecule has 0 aliphatic rings. The number of nitrogens with zero attached hydrogens (tertiary/aromatic N) is 3. The molecule has 156 valence electrons. The molecule has 10 heteroatoms. The van der Waals surface area contributed by atoms with E-state index in [1.807, 2.05) is 6.07 Å². The van der Waals surface area contributed by atoms with Crippen molar-refractivity contribution in [3.8, 4) is 11.6 Å². The lowest BCUT2D eigenvalue weighted by molar-refractivity contribution is -0.113. The highest BCUT2D eigenvalue weighted by molar-refractivity contribution is 7.99. The summed E-state index contributed by atoms with van der Waals surface area (Å²) < 4.78 is 10.5. The Morgan fingerprint density at radius 3 is 2.65 bits per heavy atom. The van der Waals surface area contributed by atoms with Crippen LogP contribution in [0.2, 0.25) is 5.02 Å². The van der Waals surface area contributed by atoms with Crippen molar-refractivity contribution < 1.29 is 18.5 Å². The lowest BCUT2D eigenvalue weighted by Crippen LogP contribution is -2.17. The molecule has 2 aromatic heterocycles. The summed E-state index contributed by atoms with van der Waals surface area (Å²) in [5.41, 5.74) is 1.59. The minimum Gasteiger partial charge on any atom is -0.409 e. The van der Waals surface area contributed by atoms with E-state index >= 15 is 0 Å². The van der Waals surface area contributed by atoms with Crippen molar-refractivity contribution in [1.82, 2.24) is 15.4 Å². The highest BCUT2D eigenvalue weighted by Gasteiger charge is 2.18. The number of aromatic nitrogens is 3. The van der Waals surface area contributed by atoms with Crippen LogP contribution in [0.3, 0.4) is 0 Å². The van der Waals surface area contributed by atoms with Gasteiger partial charge in [-0.25, -0.2) is 0 Å². The van der Waals surface area contributed by atoms with Crippen molar-refractivity contribution in [2.45, 2.75) is 12.1 Å². The second-order valence-electron chi connectivity index (χ2n) is 6.42. The number of carbonyl (C=O) groups excluding carboxylic acids is 2. The fraction of sp³-hybridized carbons (Fsp3) is 0.0952. The molecule has 0 atom stereocenters. The third-order valence-corrected chi connectivity index (χ3v) is 5.17. The number of aryl methyl sites for hydroxylation is 1. The van der Waals surface area contributed by atoms with Crippen LogP contribution in [-0.2, 0) is 4.79 Å². The topological polar surface area (TPSA) is 111 Å². The summed E-state index contributed by atoms with van der Waals surface area (Å²) >= 11 is 7.13. The molecule has 0 saturated heterocycles. The maximum atomic E-state index is 12.9. The lowest BCUT2D eigenvalue weighted by Gasteiger charge is -2.11. The van der Waals surface area contributed by atoms with Crippen LogP contribution in [0.4, 0.5) is 5.69 Å². The van der Waals surface area contributed by atoms with Crippen molar-refractivity contribution in [3.63, 3.8) is 0 Å². The van der Waals surface area contributed by atoms with Crippen LogP contribution in [0.1, 0.15) is 21.7 Å². The zero-order chi connectivity index (χ0) is 21.8. The minimum absolute atomic E-state index is 0.00106. The van der Waals surface area contributed by atoms with Gasteiger partial charge in [0.2, 0.25) is 5.91 Å². The number of carbonyl (C=O) groups is 2. The smallest absolute Gasteiger partial charge is 0.277 e. The van der Waals surface area contributed by atoms with E-state index in [9.17, 15) is 9.59 Å². The van der Waals surface area contributed by atoms with Crippen LogP contribution >= 0.6 is 23.4 Å². The van der Waals surface area contributed by atoms with Gasteiger partial charge in [-0.1, -0.05) is 58.9 Å². The Morgan fingerprint density at radius 1 is 1.10 bits per heavy atom. The predicted octanol–water partition coefficient (Wildman–Crippen LogP) is 4.65. The van der Waals surface area contributed by atoms with Crippen LogP contribution in [0.25, 0.3) is 11.6 Å². The van der Waals surface area contributed by atoms with Gasteiger partial charge in [-0.05, 0) is 25.1 Å². The van der Waals surface area contributed by atoms with Gasteiger partial charge in [0.25, 0.3) is 11.1 Å². The number of rotatable bonds is 7. The molecule has 0 saturated carbocycles. The van der Waals surface area contributed by atoms with Crippen molar-refractivity contribution in [3.05, 3.63) is 76.5 Å². The van der Waals surface area contributed by atoms with E-state index < -0.39 is 0 Å². The number of benzene rings is 2. The second kappa shape index (κ2) is 9.15. The first-order valence-electron chi connectivity index (χ1n) is 9.09. The van der Waals surface area contributed by atoms with Gasteiger partial charge in [-0.2, -0.15) is 0 Å². The normalized spacial score (nSPS) is 10.8. The maximum Gasteiger partial charge on any atom is 0.277 e. The fourth-order valence-electron chi connectivity index (χ4n) is 2.71. The first-order valence-corrected chi connectivity index (χ1v) is 10.4. The monoisotopic (exact) mass is 454 g/mol. The van der Waals surface area contributed by atoms with Gasteiger partial charge in [0.05, 0.1) is 11.4 Å². The summed E-state index contributed by atoms with van der Waals surface area (Å²) in [7, 11) is 0. The van der Waals surface area contributed by atoms with Crippen molar-refractivity contribution in [2.24, 2.45) is 0 Å². The second-order valence-corrected chi connectivity index (χ2v) is 7.78. The van der Waals surface area contributed by atoms with Gasteiger partial charge >= 0.3 is 0 Å². The first kappa shape index (κ1) is 20.8. The van der Waals surface area contributed by atoms with E-state index in [1.165, 1.54) is 6.07 Å². The number of hydrogen-bond acceptors (Lipinski definition) is 8. The average molecular weight is 455 g/mol. The quantitative estimate of drug-likeness (QED) is 0.317.